The lowest BCUT2D eigenvalue weighted by Gasteiger charge is -2.07. The summed E-state index contributed by atoms with van der Waals surface area (Å²) < 4.78 is 11.6. The van der Waals surface area contributed by atoms with Crippen LogP contribution in [-0.2, 0) is 4.57 Å². The molecule has 1 heterocycles. The topological polar surface area (TPSA) is 56.0 Å². The van der Waals surface area contributed by atoms with Gasteiger partial charge in [0.15, 0.2) is 0 Å². The summed E-state index contributed by atoms with van der Waals surface area (Å²) in [6, 6.07) is 1.69. The van der Waals surface area contributed by atoms with E-state index in [0.29, 0.717) is 11.1 Å². The van der Waals surface area contributed by atoms with Gasteiger partial charge in [0.05, 0.1) is 0 Å². The lowest BCUT2D eigenvalue weighted by atomic mass is 10.3. The predicted octanol–water partition coefficient (Wildman–Crippen LogP) is 1.22. The molecule has 3 nitrogen and oxygen atoms in total. The van der Waals surface area contributed by atoms with Crippen molar-refractivity contribution in [3.63, 3.8) is 0 Å². The zero-order valence-electron chi connectivity index (χ0n) is 7.53. The Kier molecular flexibility index (Phi) is 2.25. The number of rotatable bonds is 1. The highest BCUT2D eigenvalue weighted by atomic mass is 31.2. The molecule has 4 heteroatoms. The van der Waals surface area contributed by atoms with Gasteiger partial charge in [-0.2, -0.15) is 0 Å². The zero-order chi connectivity index (χ0) is 9.35. The minimum Gasteiger partial charge on any atom is -0.398 e. The lowest BCUT2D eigenvalue weighted by molar-refractivity contribution is 0.588. The van der Waals surface area contributed by atoms with E-state index in [1.165, 1.54) is 0 Å². The Morgan fingerprint density at radius 1 is 1.50 bits per heavy atom. The number of pyridine rings is 1. The molecule has 0 fully saturated rings. The van der Waals surface area contributed by atoms with E-state index >= 15 is 0 Å². The fourth-order valence-corrected chi connectivity index (χ4v) is 1.61. The molecule has 0 saturated carbocycles. The number of nitrogens with zero attached hydrogens (tertiary/aromatic N) is 1. The lowest BCUT2D eigenvalue weighted by Crippen LogP contribution is -2.09. The minimum atomic E-state index is -2.26. The van der Waals surface area contributed by atoms with Crippen LogP contribution in [0.25, 0.3) is 0 Å². The molecule has 0 aliphatic carbocycles. The van der Waals surface area contributed by atoms with E-state index in [1.807, 2.05) is 6.92 Å². The van der Waals surface area contributed by atoms with Gasteiger partial charge >= 0.3 is 0 Å². The van der Waals surface area contributed by atoms with Crippen molar-refractivity contribution in [2.75, 3.05) is 19.1 Å². The standard InChI is InChI=1S/C8H13N2OP/c1-6-5-10-8(4-7(6)9)12(2,3)11/h4-5H,1-3H3,(H2,9,10). The Morgan fingerprint density at radius 3 is 2.50 bits per heavy atom. The van der Waals surface area contributed by atoms with Gasteiger partial charge in [-0.05, 0) is 31.9 Å². The van der Waals surface area contributed by atoms with Gasteiger partial charge in [-0.15, -0.1) is 0 Å². The summed E-state index contributed by atoms with van der Waals surface area (Å²) >= 11 is 0. The first-order valence-electron chi connectivity index (χ1n) is 3.69. The molecule has 66 valence electrons. The smallest absolute Gasteiger partial charge is 0.127 e. The summed E-state index contributed by atoms with van der Waals surface area (Å²) in [6.07, 6.45) is 1.66. The van der Waals surface area contributed by atoms with Gasteiger partial charge in [0.1, 0.15) is 12.6 Å². The number of anilines is 1. The molecule has 1 aromatic rings. The van der Waals surface area contributed by atoms with Crippen LogP contribution in [0.2, 0.25) is 0 Å². The molecule has 0 radical (unpaired) electrons. The van der Waals surface area contributed by atoms with Crippen LogP contribution in [0.15, 0.2) is 12.3 Å². The first kappa shape index (κ1) is 9.27. The van der Waals surface area contributed by atoms with Gasteiger partial charge in [-0.1, -0.05) is 0 Å². The number of hydrogen-bond acceptors (Lipinski definition) is 3. The molecule has 0 aromatic carbocycles. The van der Waals surface area contributed by atoms with Crippen LogP contribution in [0.1, 0.15) is 5.56 Å². The van der Waals surface area contributed by atoms with E-state index in [0.717, 1.165) is 5.56 Å². The molecule has 0 saturated heterocycles. The third-order valence-corrected chi connectivity index (χ3v) is 3.03. The van der Waals surface area contributed by atoms with Crippen LogP contribution in [0.5, 0.6) is 0 Å². The van der Waals surface area contributed by atoms with Crippen LogP contribution in [-0.4, -0.2) is 18.3 Å². The van der Waals surface area contributed by atoms with Crippen LogP contribution < -0.4 is 11.2 Å². The summed E-state index contributed by atoms with van der Waals surface area (Å²) in [5.41, 5.74) is 7.84. The maximum Gasteiger partial charge on any atom is 0.127 e. The summed E-state index contributed by atoms with van der Waals surface area (Å²) in [5.74, 6) is 0. The van der Waals surface area contributed by atoms with E-state index in [2.05, 4.69) is 4.98 Å². The molecular formula is C8H13N2OP. The molecule has 12 heavy (non-hydrogen) atoms. The highest BCUT2D eigenvalue weighted by Gasteiger charge is 2.12. The second-order valence-electron chi connectivity index (χ2n) is 3.25. The van der Waals surface area contributed by atoms with Gasteiger partial charge in [0.25, 0.3) is 0 Å². The van der Waals surface area contributed by atoms with Crippen molar-refractivity contribution in [3.8, 4) is 0 Å². The molecule has 0 aliphatic heterocycles. The van der Waals surface area contributed by atoms with Crippen LogP contribution >= 0.6 is 7.14 Å². The van der Waals surface area contributed by atoms with Crippen molar-refractivity contribution in [3.05, 3.63) is 17.8 Å². The largest absolute Gasteiger partial charge is 0.398 e. The van der Waals surface area contributed by atoms with Crippen molar-refractivity contribution in [2.45, 2.75) is 6.92 Å². The molecule has 0 aliphatic rings. The van der Waals surface area contributed by atoms with Crippen LogP contribution in [0, 0.1) is 6.92 Å². The van der Waals surface area contributed by atoms with Gasteiger partial charge in [0.2, 0.25) is 0 Å². The van der Waals surface area contributed by atoms with Crippen molar-refractivity contribution in [2.24, 2.45) is 0 Å². The van der Waals surface area contributed by atoms with E-state index in [4.69, 9.17) is 5.73 Å². The van der Waals surface area contributed by atoms with Gasteiger partial charge in [0, 0.05) is 11.9 Å². The first-order chi connectivity index (χ1) is 5.41. The minimum absolute atomic E-state index is 0.602. The molecule has 1 aromatic heterocycles. The predicted molar refractivity (Wildman–Crippen MR) is 52.5 cm³/mol. The molecule has 0 spiro atoms. The number of aryl methyl sites for hydroxylation is 1. The Balaban J connectivity index is 3.23. The van der Waals surface area contributed by atoms with E-state index in [9.17, 15) is 4.57 Å². The van der Waals surface area contributed by atoms with Gasteiger partial charge < -0.3 is 10.3 Å². The summed E-state index contributed by atoms with van der Waals surface area (Å²) in [5, 5.41) is 0. The van der Waals surface area contributed by atoms with Crippen LogP contribution in [0.3, 0.4) is 0 Å². The van der Waals surface area contributed by atoms with Crippen molar-refractivity contribution < 1.29 is 4.57 Å². The van der Waals surface area contributed by atoms with E-state index in [1.54, 1.807) is 25.6 Å². The molecule has 1 rings (SSSR count). The molecule has 0 bridgehead atoms. The van der Waals surface area contributed by atoms with Gasteiger partial charge in [-0.3, -0.25) is 4.98 Å². The molecular weight excluding hydrogens is 171 g/mol. The Bertz CT molecular complexity index is 343. The number of hydrogen-bond donors (Lipinski definition) is 1. The molecule has 0 atom stereocenters. The quantitative estimate of drug-likeness (QED) is 0.667. The second kappa shape index (κ2) is 2.91. The van der Waals surface area contributed by atoms with E-state index < -0.39 is 7.14 Å². The number of aromatic nitrogens is 1. The Labute approximate surface area is 72.4 Å². The van der Waals surface area contributed by atoms with E-state index in [-0.39, 0.29) is 0 Å². The average Bonchev–Trinajstić information content (AvgIpc) is 1.92. The normalized spacial score (nSPS) is 11.6. The summed E-state index contributed by atoms with van der Waals surface area (Å²) in [4.78, 5) is 4.07. The van der Waals surface area contributed by atoms with Crippen LogP contribution in [0.4, 0.5) is 5.69 Å². The van der Waals surface area contributed by atoms with Crippen molar-refractivity contribution in [1.29, 1.82) is 0 Å². The fourth-order valence-electron chi connectivity index (χ4n) is 0.822. The second-order valence-corrected chi connectivity index (χ2v) is 6.41. The third-order valence-electron chi connectivity index (χ3n) is 1.68. The highest BCUT2D eigenvalue weighted by molar-refractivity contribution is 7.69. The van der Waals surface area contributed by atoms with Gasteiger partial charge in [-0.25, -0.2) is 0 Å². The van der Waals surface area contributed by atoms with Crippen molar-refractivity contribution in [1.82, 2.24) is 4.98 Å². The third kappa shape index (κ3) is 1.86. The maximum absolute atomic E-state index is 11.6. The highest BCUT2D eigenvalue weighted by Crippen LogP contribution is 2.33. The average molecular weight is 184 g/mol. The van der Waals surface area contributed by atoms with Crippen molar-refractivity contribution >= 4 is 18.3 Å². The first-order valence-corrected chi connectivity index (χ1v) is 6.29. The molecule has 2 N–H and O–H groups in total. The fraction of sp³-hybridized carbons (Fsp3) is 0.375. The SMILES string of the molecule is Cc1cnc(P(C)(C)=O)cc1N. The summed E-state index contributed by atoms with van der Waals surface area (Å²) in [7, 11) is -2.26. The zero-order valence-corrected chi connectivity index (χ0v) is 8.43. The monoisotopic (exact) mass is 184 g/mol. The number of nitrogens with two attached hydrogens (primary N) is 1. The number of nitrogen functional groups attached to an aromatic ring is 1. The molecule has 0 unspecified atom stereocenters. The molecule has 0 amide bonds. The Morgan fingerprint density at radius 2 is 2.08 bits per heavy atom. The summed E-state index contributed by atoms with van der Waals surface area (Å²) in [6.45, 7) is 5.25. The maximum atomic E-state index is 11.6. The Hall–Kier alpha value is -0.820.